The van der Waals surface area contributed by atoms with E-state index in [0.717, 1.165) is 12.2 Å². The van der Waals surface area contributed by atoms with Crippen LogP contribution in [0.1, 0.15) is 37.0 Å². The molecule has 2 rings (SSSR count). The molecule has 1 fully saturated rings. The molecule has 0 aliphatic heterocycles. The Balaban J connectivity index is 2.09. The van der Waals surface area contributed by atoms with Crippen LogP contribution in [0.2, 0.25) is 0 Å². The van der Waals surface area contributed by atoms with Crippen LogP contribution >= 0.6 is 0 Å². The fourth-order valence-corrected chi connectivity index (χ4v) is 1.31. The highest BCUT2D eigenvalue weighted by atomic mass is 16.5. The van der Waals surface area contributed by atoms with Crippen LogP contribution in [-0.2, 0) is 0 Å². The second kappa shape index (κ2) is 3.08. The van der Waals surface area contributed by atoms with Gasteiger partial charge in [-0.3, -0.25) is 0 Å². The lowest BCUT2D eigenvalue weighted by Crippen LogP contribution is -2.14. The molecule has 1 aromatic rings. The lowest BCUT2D eigenvalue weighted by molar-refractivity contribution is 0.236. The number of nitrogens with zero attached hydrogens (tertiary/aromatic N) is 2. The van der Waals surface area contributed by atoms with Gasteiger partial charge in [0.2, 0.25) is 5.89 Å². The maximum atomic E-state index is 8.75. The Kier molecular flexibility index (Phi) is 2.05. The Morgan fingerprint density at radius 3 is 3.00 bits per heavy atom. The van der Waals surface area contributed by atoms with Crippen molar-refractivity contribution in [1.82, 2.24) is 10.1 Å². The van der Waals surface area contributed by atoms with Gasteiger partial charge in [0.25, 0.3) is 0 Å². The standard InChI is InChI=1S/C8H13N3O2/c1-4-2-5(4)7-10-8(13-11-7)6(9)3-12/h4-6,12H,2-3,9H2,1H3. The largest absolute Gasteiger partial charge is 0.394 e. The van der Waals surface area contributed by atoms with Crippen molar-refractivity contribution in [2.45, 2.75) is 25.3 Å². The molecule has 0 aromatic carbocycles. The molecule has 1 heterocycles. The van der Waals surface area contributed by atoms with Gasteiger partial charge in [-0.1, -0.05) is 12.1 Å². The summed E-state index contributed by atoms with van der Waals surface area (Å²) in [7, 11) is 0. The molecule has 1 saturated carbocycles. The molecule has 1 aliphatic rings. The van der Waals surface area contributed by atoms with Crippen molar-refractivity contribution in [3.63, 3.8) is 0 Å². The van der Waals surface area contributed by atoms with Gasteiger partial charge in [-0.05, 0) is 12.3 Å². The maximum absolute atomic E-state index is 8.75. The van der Waals surface area contributed by atoms with E-state index >= 15 is 0 Å². The summed E-state index contributed by atoms with van der Waals surface area (Å²) in [4.78, 5) is 4.13. The van der Waals surface area contributed by atoms with E-state index in [0.29, 0.717) is 17.7 Å². The van der Waals surface area contributed by atoms with E-state index in [1.54, 1.807) is 0 Å². The normalized spacial score (nSPS) is 28.8. The quantitative estimate of drug-likeness (QED) is 0.698. The first-order valence-corrected chi connectivity index (χ1v) is 4.42. The Hall–Kier alpha value is -0.940. The lowest BCUT2D eigenvalue weighted by Gasteiger charge is -1.98. The smallest absolute Gasteiger partial charge is 0.245 e. The molecule has 72 valence electrons. The third-order valence-electron chi connectivity index (χ3n) is 2.41. The van der Waals surface area contributed by atoms with Crippen LogP contribution in [0.4, 0.5) is 0 Å². The molecule has 3 N–H and O–H groups in total. The van der Waals surface area contributed by atoms with Gasteiger partial charge >= 0.3 is 0 Å². The number of hydrogen-bond acceptors (Lipinski definition) is 5. The van der Waals surface area contributed by atoms with Crippen molar-refractivity contribution in [1.29, 1.82) is 0 Å². The predicted octanol–water partition coefficient (Wildman–Crippen LogP) is 0.185. The lowest BCUT2D eigenvalue weighted by atomic mass is 10.3. The molecule has 0 bridgehead atoms. The third kappa shape index (κ3) is 1.57. The van der Waals surface area contributed by atoms with Gasteiger partial charge in [0.05, 0.1) is 6.61 Å². The molecular weight excluding hydrogens is 170 g/mol. The number of aliphatic hydroxyl groups excluding tert-OH is 1. The minimum absolute atomic E-state index is 0.165. The summed E-state index contributed by atoms with van der Waals surface area (Å²) >= 11 is 0. The number of aromatic nitrogens is 2. The molecule has 5 nitrogen and oxygen atoms in total. The average Bonchev–Trinajstić information content (AvgIpc) is 2.70. The Morgan fingerprint density at radius 1 is 1.77 bits per heavy atom. The maximum Gasteiger partial charge on any atom is 0.245 e. The van der Waals surface area contributed by atoms with E-state index in [1.165, 1.54) is 0 Å². The summed E-state index contributed by atoms with van der Waals surface area (Å²) < 4.78 is 4.92. The van der Waals surface area contributed by atoms with Crippen LogP contribution in [0.5, 0.6) is 0 Å². The fourth-order valence-electron chi connectivity index (χ4n) is 1.31. The number of aliphatic hydroxyl groups is 1. The highest BCUT2D eigenvalue weighted by Crippen LogP contribution is 2.45. The SMILES string of the molecule is CC1CC1c1noc(C(N)CO)n1. The summed E-state index contributed by atoms with van der Waals surface area (Å²) in [5.41, 5.74) is 5.52. The van der Waals surface area contributed by atoms with Gasteiger partial charge in [0, 0.05) is 5.92 Å². The van der Waals surface area contributed by atoms with Crippen molar-refractivity contribution >= 4 is 0 Å². The first-order chi connectivity index (χ1) is 6.22. The summed E-state index contributed by atoms with van der Waals surface area (Å²) in [6.07, 6.45) is 1.12. The van der Waals surface area contributed by atoms with Crippen molar-refractivity contribution in [3.05, 3.63) is 11.7 Å². The average molecular weight is 183 g/mol. The zero-order valence-corrected chi connectivity index (χ0v) is 7.47. The molecule has 1 aromatic heterocycles. The summed E-state index contributed by atoms with van der Waals surface area (Å²) in [6.45, 7) is 1.98. The number of rotatable bonds is 3. The molecule has 0 amide bonds. The van der Waals surface area contributed by atoms with Crippen molar-refractivity contribution in [3.8, 4) is 0 Å². The molecule has 5 heteroatoms. The van der Waals surface area contributed by atoms with Crippen LogP contribution in [0.3, 0.4) is 0 Å². The van der Waals surface area contributed by atoms with E-state index in [4.69, 9.17) is 15.4 Å². The van der Waals surface area contributed by atoms with Gasteiger partial charge < -0.3 is 15.4 Å². The van der Waals surface area contributed by atoms with Crippen molar-refractivity contribution in [2.24, 2.45) is 11.7 Å². The van der Waals surface area contributed by atoms with E-state index < -0.39 is 6.04 Å². The van der Waals surface area contributed by atoms with Crippen LogP contribution in [-0.4, -0.2) is 21.9 Å². The first kappa shape index (κ1) is 8.65. The Bertz CT molecular complexity index is 281. The van der Waals surface area contributed by atoms with Gasteiger partial charge in [-0.2, -0.15) is 4.98 Å². The van der Waals surface area contributed by atoms with Crippen LogP contribution in [0, 0.1) is 5.92 Å². The number of nitrogens with two attached hydrogens (primary N) is 1. The van der Waals surface area contributed by atoms with E-state index in [1.807, 2.05) is 0 Å². The molecule has 3 atom stereocenters. The van der Waals surface area contributed by atoms with Crippen LogP contribution in [0.25, 0.3) is 0 Å². The Labute approximate surface area is 75.9 Å². The summed E-state index contributed by atoms with van der Waals surface area (Å²) in [5, 5.41) is 12.6. The van der Waals surface area contributed by atoms with Crippen molar-refractivity contribution in [2.75, 3.05) is 6.61 Å². The topological polar surface area (TPSA) is 85.2 Å². The minimum Gasteiger partial charge on any atom is -0.394 e. The van der Waals surface area contributed by atoms with Gasteiger partial charge in [-0.15, -0.1) is 0 Å². The fraction of sp³-hybridized carbons (Fsp3) is 0.750. The molecule has 0 radical (unpaired) electrons. The first-order valence-electron chi connectivity index (χ1n) is 4.42. The highest BCUT2D eigenvalue weighted by molar-refractivity contribution is 5.08. The number of hydrogen-bond donors (Lipinski definition) is 2. The minimum atomic E-state index is -0.546. The van der Waals surface area contributed by atoms with Crippen LogP contribution in [0.15, 0.2) is 4.52 Å². The van der Waals surface area contributed by atoms with E-state index in [9.17, 15) is 0 Å². The zero-order chi connectivity index (χ0) is 9.42. The van der Waals surface area contributed by atoms with Crippen LogP contribution < -0.4 is 5.73 Å². The predicted molar refractivity (Wildman–Crippen MR) is 44.8 cm³/mol. The van der Waals surface area contributed by atoms with E-state index in [-0.39, 0.29) is 6.61 Å². The molecule has 3 unspecified atom stereocenters. The zero-order valence-electron chi connectivity index (χ0n) is 7.47. The highest BCUT2D eigenvalue weighted by Gasteiger charge is 2.38. The Morgan fingerprint density at radius 2 is 2.46 bits per heavy atom. The third-order valence-corrected chi connectivity index (χ3v) is 2.41. The van der Waals surface area contributed by atoms with Gasteiger partial charge in [-0.25, -0.2) is 0 Å². The summed E-state index contributed by atoms with van der Waals surface area (Å²) in [6, 6.07) is -0.546. The molecule has 0 spiro atoms. The molecule has 0 saturated heterocycles. The van der Waals surface area contributed by atoms with Gasteiger partial charge in [0.1, 0.15) is 6.04 Å². The summed E-state index contributed by atoms with van der Waals surface area (Å²) in [5.74, 6) is 2.14. The van der Waals surface area contributed by atoms with E-state index in [2.05, 4.69) is 17.1 Å². The van der Waals surface area contributed by atoms with Gasteiger partial charge in [0.15, 0.2) is 5.82 Å². The molecule has 1 aliphatic carbocycles. The molecular formula is C8H13N3O2. The molecule has 13 heavy (non-hydrogen) atoms. The second-order valence-electron chi connectivity index (χ2n) is 3.60. The van der Waals surface area contributed by atoms with Crippen molar-refractivity contribution < 1.29 is 9.63 Å². The monoisotopic (exact) mass is 183 g/mol. The second-order valence-corrected chi connectivity index (χ2v) is 3.60.